The van der Waals surface area contributed by atoms with Crippen molar-refractivity contribution >= 4 is 15.9 Å². The Hall–Kier alpha value is -1.16. The number of nitrogens with two attached hydrogens (primary N) is 1. The van der Waals surface area contributed by atoms with Crippen LogP contribution in [0.5, 0.6) is 0 Å². The molecule has 0 heterocycles. The second-order valence-electron chi connectivity index (χ2n) is 6.39. The van der Waals surface area contributed by atoms with Gasteiger partial charge in [-0.05, 0) is 34.6 Å². The first kappa shape index (κ1) is 16.2. The summed E-state index contributed by atoms with van der Waals surface area (Å²) >= 11 is 3.60. The highest BCUT2D eigenvalue weighted by atomic mass is 79.9. The molecule has 1 unspecified atom stereocenters. The van der Waals surface area contributed by atoms with Gasteiger partial charge in [0.05, 0.1) is 6.04 Å². The van der Waals surface area contributed by atoms with Gasteiger partial charge >= 0.3 is 0 Å². The van der Waals surface area contributed by atoms with Crippen LogP contribution in [0.15, 0.2) is 53.0 Å². The molecule has 0 saturated heterocycles. The van der Waals surface area contributed by atoms with Gasteiger partial charge < -0.3 is 0 Å². The molecule has 21 heavy (non-hydrogen) atoms. The lowest BCUT2D eigenvalue weighted by atomic mass is 9.86. The van der Waals surface area contributed by atoms with Crippen LogP contribution in [0.2, 0.25) is 0 Å². The van der Waals surface area contributed by atoms with Crippen LogP contribution in [0, 0.1) is 0 Å². The van der Waals surface area contributed by atoms with E-state index in [2.05, 4.69) is 84.6 Å². The molecule has 2 aromatic rings. The Morgan fingerprint density at radius 2 is 1.67 bits per heavy atom. The van der Waals surface area contributed by atoms with E-state index in [1.165, 1.54) is 16.7 Å². The monoisotopic (exact) mass is 346 g/mol. The Balaban J connectivity index is 2.20. The highest BCUT2D eigenvalue weighted by Gasteiger charge is 2.16. The van der Waals surface area contributed by atoms with Crippen LogP contribution < -0.4 is 11.3 Å². The molecule has 3 N–H and O–H groups in total. The Bertz CT molecular complexity index is 585. The lowest BCUT2D eigenvalue weighted by molar-refractivity contribution is 0.548. The van der Waals surface area contributed by atoms with E-state index in [1.807, 2.05) is 6.07 Å². The van der Waals surface area contributed by atoms with Gasteiger partial charge in [-0.15, -0.1) is 0 Å². The highest BCUT2D eigenvalue weighted by Crippen LogP contribution is 2.26. The summed E-state index contributed by atoms with van der Waals surface area (Å²) in [6.45, 7) is 6.67. The number of nitrogens with one attached hydrogen (secondary N) is 1. The molecule has 0 spiro atoms. The third kappa shape index (κ3) is 4.16. The Labute approximate surface area is 135 Å². The van der Waals surface area contributed by atoms with Gasteiger partial charge in [0.15, 0.2) is 0 Å². The third-order valence-corrected chi connectivity index (χ3v) is 4.54. The molecule has 0 bridgehead atoms. The zero-order chi connectivity index (χ0) is 15.5. The molecule has 0 radical (unpaired) electrons. The smallest absolute Gasteiger partial charge is 0.0500 e. The van der Waals surface area contributed by atoms with Crippen LogP contribution >= 0.6 is 15.9 Å². The van der Waals surface area contributed by atoms with Crippen molar-refractivity contribution in [2.45, 2.75) is 38.6 Å². The van der Waals surface area contributed by atoms with Gasteiger partial charge in [0.25, 0.3) is 0 Å². The fourth-order valence-corrected chi connectivity index (χ4v) is 2.82. The van der Waals surface area contributed by atoms with Crippen LogP contribution in [0.4, 0.5) is 0 Å². The van der Waals surface area contributed by atoms with E-state index >= 15 is 0 Å². The summed E-state index contributed by atoms with van der Waals surface area (Å²) in [6.07, 6.45) is 0.854. The summed E-state index contributed by atoms with van der Waals surface area (Å²) in [5.41, 5.74) is 6.90. The Morgan fingerprint density at radius 1 is 1.05 bits per heavy atom. The maximum atomic E-state index is 5.76. The molecule has 3 heteroatoms. The topological polar surface area (TPSA) is 38.0 Å². The van der Waals surface area contributed by atoms with Gasteiger partial charge in [0.2, 0.25) is 0 Å². The molecule has 0 aliphatic heterocycles. The zero-order valence-corrected chi connectivity index (χ0v) is 14.4. The van der Waals surface area contributed by atoms with E-state index in [9.17, 15) is 0 Å². The molecule has 1 atom stereocenters. The number of benzene rings is 2. The fourth-order valence-electron chi connectivity index (χ4n) is 2.37. The van der Waals surface area contributed by atoms with E-state index in [1.54, 1.807) is 0 Å². The lowest BCUT2D eigenvalue weighted by Gasteiger charge is -2.21. The van der Waals surface area contributed by atoms with Crippen LogP contribution in [0.25, 0.3) is 0 Å². The van der Waals surface area contributed by atoms with E-state index in [0.29, 0.717) is 0 Å². The number of rotatable bonds is 4. The normalized spacial score (nSPS) is 13.2. The first-order valence-corrected chi connectivity index (χ1v) is 8.01. The van der Waals surface area contributed by atoms with E-state index in [0.717, 1.165) is 10.9 Å². The SMILES string of the molecule is CC(C)(C)c1ccc(C(Cc2ccccc2Br)NN)cc1. The van der Waals surface area contributed by atoms with Crippen molar-refractivity contribution in [2.24, 2.45) is 5.84 Å². The predicted molar refractivity (Wildman–Crippen MR) is 93.1 cm³/mol. The standard InChI is InChI=1S/C18H23BrN2/c1-18(2,3)15-10-8-13(9-11-15)17(21-20)12-14-6-4-5-7-16(14)19/h4-11,17,21H,12,20H2,1-3H3. The van der Waals surface area contributed by atoms with E-state index < -0.39 is 0 Å². The summed E-state index contributed by atoms with van der Waals surface area (Å²) in [7, 11) is 0. The maximum Gasteiger partial charge on any atom is 0.0500 e. The van der Waals surface area contributed by atoms with Crippen LogP contribution in [0.3, 0.4) is 0 Å². The fraction of sp³-hybridized carbons (Fsp3) is 0.333. The van der Waals surface area contributed by atoms with Crippen molar-refractivity contribution in [3.8, 4) is 0 Å². The van der Waals surface area contributed by atoms with E-state index in [-0.39, 0.29) is 11.5 Å². The van der Waals surface area contributed by atoms with Crippen molar-refractivity contribution in [3.63, 3.8) is 0 Å². The van der Waals surface area contributed by atoms with Crippen LogP contribution in [-0.2, 0) is 11.8 Å². The van der Waals surface area contributed by atoms with Crippen LogP contribution in [0.1, 0.15) is 43.5 Å². The first-order chi connectivity index (χ1) is 9.91. The summed E-state index contributed by atoms with van der Waals surface area (Å²) < 4.78 is 1.12. The summed E-state index contributed by atoms with van der Waals surface area (Å²) in [6, 6.07) is 17.1. The molecule has 2 aromatic carbocycles. The molecule has 112 valence electrons. The van der Waals surface area contributed by atoms with Gasteiger partial charge in [0, 0.05) is 4.47 Å². The molecular weight excluding hydrogens is 324 g/mol. The summed E-state index contributed by atoms with van der Waals surface area (Å²) in [4.78, 5) is 0. The number of hydrogen-bond acceptors (Lipinski definition) is 2. The molecule has 2 nitrogen and oxygen atoms in total. The van der Waals surface area contributed by atoms with Gasteiger partial charge in [0.1, 0.15) is 0 Å². The number of hydrogen-bond donors (Lipinski definition) is 2. The maximum absolute atomic E-state index is 5.76. The quantitative estimate of drug-likeness (QED) is 0.632. The largest absolute Gasteiger partial charge is 0.271 e. The minimum atomic E-state index is 0.109. The average Bonchev–Trinajstić information content (AvgIpc) is 2.46. The van der Waals surface area contributed by atoms with Gasteiger partial charge in [-0.3, -0.25) is 11.3 Å². The van der Waals surface area contributed by atoms with Gasteiger partial charge in [-0.2, -0.15) is 0 Å². The summed E-state index contributed by atoms with van der Waals surface area (Å²) in [5.74, 6) is 5.76. The molecule has 0 fully saturated rings. The number of halogens is 1. The second kappa shape index (κ2) is 6.73. The molecule has 0 aliphatic carbocycles. The van der Waals surface area contributed by atoms with Gasteiger partial charge in [-0.1, -0.05) is 79.2 Å². The van der Waals surface area contributed by atoms with Crippen molar-refractivity contribution in [3.05, 3.63) is 69.7 Å². The predicted octanol–water partition coefficient (Wildman–Crippen LogP) is 4.49. The Kier molecular flexibility index (Phi) is 5.20. The molecule has 0 aliphatic rings. The highest BCUT2D eigenvalue weighted by molar-refractivity contribution is 9.10. The zero-order valence-electron chi connectivity index (χ0n) is 12.9. The molecule has 0 aromatic heterocycles. The van der Waals surface area contributed by atoms with Crippen molar-refractivity contribution < 1.29 is 0 Å². The lowest BCUT2D eigenvalue weighted by Crippen LogP contribution is -2.29. The van der Waals surface area contributed by atoms with Crippen molar-refractivity contribution in [1.29, 1.82) is 0 Å². The van der Waals surface area contributed by atoms with Crippen molar-refractivity contribution in [1.82, 2.24) is 5.43 Å². The van der Waals surface area contributed by atoms with Gasteiger partial charge in [-0.25, -0.2) is 0 Å². The Morgan fingerprint density at radius 3 is 2.19 bits per heavy atom. The van der Waals surface area contributed by atoms with Crippen LogP contribution in [-0.4, -0.2) is 0 Å². The summed E-state index contributed by atoms with van der Waals surface area (Å²) in [5, 5.41) is 0. The average molecular weight is 347 g/mol. The molecular formula is C18H23BrN2. The minimum absolute atomic E-state index is 0.109. The molecule has 0 amide bonds. The third-order valence-electron chi connectivity index (χ3n) is 3.76. The second-order valence-corrected chi connectivity index (χ2v) is 7.24. The first-order valence-electron chi connectivity index (χ1n) is 7.22. The number of hydrazine groups is 1. The molecule has 2 rings (SSSR count). The van der Waals surface area contributed by atoms with Crippen molar-refractivity contribution in [2.75, 3.05) is 0 Å². The minimum Gasteiger partial charge on any atom is -0.271 e. The molecule has 0 saturated carbocycles. The van der Waals surface area contributed by atoms with E-state index in [4.69, 9.17) is 5.84 Å².